The lowest BCUT2D eigenvalue weighted by Crippen LogP contribution is -2.05. The van der Waals surface area contributed by atoms with Gasteiger partial charge in [0.05, 0.1) is 13.2 Å². The zero-order chi connectivity index (χ0) is 17.0. The minimum Gasteiger partial charge on any atom is -0.402 e. The van der Waals surface area contributed by atoms with Crippen molar-refractivity contribution in [3.63, 3.8) is 0 Å². The standard InChI is InChI=1S/C11H20ClN2O5PS2/c1-5-7-17-20(21,18-8-6-2)19-10-9(12)11(14(3)13-10)22(4,15)16/h5-8H2,1-4H3. The van der Waals surface area contributed by atoms with Crippen LogP contribution in [0.15, 0.2) is 5.03 Å². The van der Waals surface area contributed by atoms with E-state index < -0.39 is 16.6 Å². The summed E-state index contributed by atoms with van der Waals surface area (Å²) in [4.78, 5) is 0. The van der Waals surface area contributed by atoms with E-state index in [2.05, 4.69) is 5.10 Å². The van der Waals surface area contributed by atoms with Gasteiger partial charge in [-0.25, -0.2) is 8.42 Å². The maximum Gasteiger partial charge on any atom is 0.381 e. The number of aryl methyl sites for hydroxylation is 1. The van der Waals surface area contributed by atoms with Crippen LogP contribution in [-0.2, 0) is 37.7 Å². The van der Waals surface area contributed by atoms with Gasteiger partial charge in [-0.05, 0) is 12.8 Å². The number of aromatic nitrogens is 2. The molecule has 0 unspecified atom stereocenters. The van der Waals surface area contributed by atoms with Gasteiger partial charge in [-0.1, -0.05) is 25.4 Å². The predicted molar refractivity (Wildman–Crippen MR) is 88.7 cm³/mol. The van der Waals surface area contributed by atoms with Gasteiger partial charge in [-0.15, -0.1) is 5.10 Å². The molecule has 1 rings (SSSR count). The van der Waals surface area contributed by atoms with Crippen molar-refractivity contribution in [2.75, 3.05) is 19.5 Å². The Hall–Kier alpha value is -0.180. The number of sulfone groups is 1. The predicted octanol–water partition coefficient (Wildman–Crippen LogP) is 2.93. The van der Waals surface area contributed by atoms with Crippen molar-refractivity contribution in [3.8, 4) is 5.88 Å². The maximum absolute atomic E-state index is 11.7. The van der Waals surface area contributed by atoms with E-state index in [0.29, 0.717) is 13.2 Å². The SMILES string of the molecule is CCCOP(=S)(OCCC)Oc1nn(C)c(S(C)(=O)=O)c1Cl. The van der Waals surface area contributed by atoms with Crippen LogP contribution in [0, 0.1) is 0 Å². The molecular formula is C11H20ClN2O5PS2. The molecule has 0 radical (unpaired) electrons. The van der Waals surface area contributed by atoms with Crippen LogP contribution >= 0.6 is 18.3 Å². The van der Waals surface area contributed by atoms with E-state index in [1.807, 2.05) is 13.8 Å². The van der Waals surface area contributed by atoms with Crippen LogP contribution in [0.25, 0.3) is 0 Å². The summed E-state index contributed by atoms with van der Waals surface area (Å²) in [5.41, 5.74) is 0. The third kappa shape index (κ3) is 5.18. The summed E-state index contributed by atoms with van der Waals surface area (Å²) >= 11 is 11.4. The molecule has 0 aliphatic heterocycles. The van der Waals surface area contributed by atoms with Gasteiger partial charge in [0.25, 0.3) is 5.88 Å². The third-order valence-corrected chi connectivity index (χ3v) is 6.24. The van der Waals surface area contributed by atoms with E-state index in [-0.39, 0.29) is 15.9 Å². The molecule has 1 aromatic heterocycles. The molecule has 0 aliphatic rings. The fraction of sp³-hybridized carbons (Fsp3) is 0.727. The molecule has 0 saturated heterocycles. The molecule has 0 fully saturated rings. The molecule has 0 bridgehead atoms. The normalized spacial score (nSPS) is 12.6. The Morgan fingerprint density at radius 1 is 1.27 bits per heavy atom. The third-order valence-electron chi connectivity index (χ3n) is 2.37. The van der Waals surface area contributed by atoms with E-state index in [9.17, 15) is 8.42 Å². The van der Waals surface area contributed by atoms with Gasteiger partial charge in [0.15, 0.2) is 14.9 Å². The van der Waals surface area contributed by atoms with E-state index >= 15 is 0 Å². The van der Waals surface area contributed by atoms with Gasteiger partial charge in [-0.2, -0.15) is 0 Å². The quantitative estimate of drug-likeness (QED) is 0.599. The molecule has 0 atom stereocenters. The Morgan fingerprint density at radius 3 is 2.14 bits per heavy atom. The fourth-order valence-corrected chi connectivity index (χ4v) is 5.12. The van der Waals surface area contributed by atoms with Crippen molar-refractivity contribution < 1.29 is 22.0 Å². The average molecular weight is 391 g/mol. The summed E-state index contributed by atoms with van der Waals surface area (Å²) < 4.78 is 41.1. The van der Waals surface area contributed by atoms with Crippen LogP contribution in [-0.4, -0.2) is 37.7 Å². The van der Waals surface area contributed by atoms with Crippen LogP contribution in [0.3, 0.4) is 0 Å². The Balaban J connectivity index is 3.11. The highest BCUT2D eigenvalue weighted by Crippen LogP contribution is 2.51. The molecule has 11 heteroatoms. The Bertz CT molecular complexity index is 650. The molecule has 0 aromatic carbocycles. The molecule has 0 saturated carbocycles. The lowest BCUT2D eigenvalue weighted by molar-refractivity contribution is 0.200. The second-order valence-corrected chi connectivity index (χ2v) is 9.77. The molecule has 0 aliphatic carbocycles. The van der Waals surface area contributed by atoms with E-state index in [0.717, 1.165) is 23.8 Å². The first-order chi connectivity index (χ1) is 10.1. The van der Waals surface area contributed by atoms with Crippen molar-refractivity contribution in [2.24, 2.45) is 7.05 Å². The summed E-state index contributed by atoms with van der Waals surface area (Å²) in [6.07, 6.45) is 2.51. The second kappa shape index (κ2) is 8.08. The zero-order valence-corrected chi connectivity index (χ0v) is 16.2. The first-order valence-corrected chi connectivity index (χ1v) is 11.5. The average Bonchev–Trinajstić information content (AvgIpc) is 2.68. The molecule has 0 spiro atoms. The van der Waals surface area contributed by atoms with Gasteiger partial charge < -0.3 is 4.52 Å². The number of nitrogens with zero attached hydrogens (tertiary/aromatic N) is 2. The highest BCUT2D eigenvalue weighted by molar-refractivity contribution is 8.07. The van der Waals surface area contributed by atoms with Gasteiger partial charge in [-0.3, -0.25) is 13.7 Å². The monoisotopic (exact) mass is 390 g/mol. The largest absolute Gasteiger partial charge is 0.402 e. The van der Waals surface area contributed by atoms with Crippen molar-refractivity contribution in [1.29, 1.82) is 0 Å². The minimum absolute atomic E-state index is 0.0971. The van der Waals surface area contributed by atoms with E-state index in [4.69, 9.17) is 37.0 Å². The maximum atomic E-state index is 11.7. The minimum atomic E-state index is -3.55. The van der Waals surface area contributed by atoms with Crippen molar-refractivity contribution in [1.82, 2.24) is 9.78 Å². The first-order valence-electron chi connectivity index (χ1n) is 6.66. The van der Waals surface area contributed by atoms with Crippen molar-refractivity contribution >= 4 is 40.0 Å². The van der Waals surface area contributed by atoms with Gasteiger partial charge in [0, 0.05) is 25.1 Å². The van der Waals surface area contributed by atoms with Gasteiger partial charge in [0.2, 0.25) is 0 Å². The zero-order valence-electron chi connectivity index (χ0n) is 12.9. The molecule has 128 valence electrons. The summed E-state index contributed by atoms with van der Waals surface area (Å²) in [7, 11) is -2.09. The van der Waals surface area contributed by atoms with Crippen LogP contribution in [0.2, 0.25) is 5.02 Å². The van der Waals surface area contributed by atoms with Crippen LogP contribution < -0.4 is 4.52 Å². The highest BCUT2D eigenvalue weighted by atomic mass is 35.5. The number of halogens is 1. The number of hydrogen-bond donors (Lipinski definition) is 0. The smallest absolute Gasteiger partial charge is 0.381 e. The summed E-state index contributed by atoms with van der Waals surface area (Å²) in [5.74, 6) is -0.0971. The highest BCUT2D eigenvalue weighted by Gasteiger charge is 2.29. The topological polar surface area (TPSA) is 79.7 Å². The summed E-state index contributed by atoms with van der Waals surface area (Å²) in [6.45, 7) is 1.50. The summed E-state index contributed by atoms with van der Waals surface area (Å²) in [5, 5.41) is 3.69. The Morgan fingerprint density at radius 2 is 1.77 bits per heavy atom. The van der Waals surface area contributed by atoms with Crippen LogP contribution in [0.5, 0.6) is 5.88 Å². The molecule has 1 aromatic rings. The molecule has 7 nitrogen and oxygen atoms in total. The molecule has 22 heavy (non-hydrogen) atoms. The number of rotatable bonds is 9. The second-order valence-electron chi connectivity index (χ2n) is 4.53. The van der Waals surface area contributed by atoms with E-state index in [1.54, 1.807) is 0 Å². The molecule has 0 N–H and O–H groups in total. The fourth-order valence-electron chi connectivity index (χ4n) is 1.52. The number of hydrogen-bond acceptors (Lipinski definition) is 7. The van der Waals surface area contributed by atoms with Gasteiger partial charge >= 0.3 is 6.72 Å². The van der Waals surface area contributed by atoms with Crippen LogP contribution in [0.4, 0.5) is 0 Å². The Kier molecular flexibility index (Phi) is 7.29. The van der Waals surface area contributed by atoms with Crippen molar-refractivity contribution in [3.05, 3.63) is 5.02 Å². The molecule has 0 amide bonds. The van der Waals surface area contributed by atoms with Crippen LogP contribution in [0.1, 0.15) is 26.7 Å². The lowest BCUT2D eigenvalue weighted by Gasteiger charge is -2.20. The summed E-state index contributed by atoms with van der Waals surface area (Å²) in [6, 6.07) is 0. The van der Waals surface area contributed by atoms with Crippen molar-refractivity contribution in [2.45, 2.75) is 31.7 Å². The first kappa shape index (κ1) is 19.9. The molecule has 1 heterocycles. The Labute approximate surface area is 141 Å². The van der Waals surface area contributed by atoms with Gasteiger partial charge in [0.1, 0.15) is 5.02 Å². The van der Waals surface area contributed by atoms with E-state index in [1.165, 1.54) is 7.05 Å². The molecular weight excluding hydrogens is 371 g/mol. The lowest BCUT2D eigenvalue weighted by atomic mass is 10.5.